The molecule has 1 aromatic carbocycles. The fourth-order valence-corrected chi connectivity index (χ4v) is 2.38. The number of benzene rings is 1. The maximum Gasteiger partial charge on any atom is 0.245 e. The maximum atomic E-state index is 12.3. The van der Waals surface area contributed by atoms with Crippen molar-refractivity contribution in [3.05, 3.63) is 42.2 Å². The first-order valence-corrected chi connectivity index (χ1v) is 7.34. The molecule has 0 unspecified atom stereocenters. The van der Waals surface area contributed by atoms with Crippen molar-refractivity contribution in [3.8, 4) is 11.5 Å². The third-order valence-corrected chi connectivity index (χ3v) is 3.73. The zero-order valence-corrected chi connectivity index (χ0v) is 12.7. The van der Waals surface area contributed by atoms with Crippen molar-refractivity contribution in [2.75, 3.05) is 13.2 Å². The van der Waals surface area contributed by atoms with E-state index in [-0.39, 0.29) is 18.0 Å². The smallest absolute Gasteiger partial charge is 0.245 e. The van der Waals surface area contributed by atoms with Crippen molar-refractivity contribution < 1.29 is 14.3 Å². The molecule has 6 nitrogen and oxygen atoms in total. The molecule has 1 aliphatic heterocycles. The lowest BCUT2D eigenvalue weighted by molar-refractivity contribution is -0.124. The number of carbonyl (C=O) groups is 1. The van der Waals surface area contributed by atoms with E-state index in [1.165, 1.54) is 0 Å². The highest BCUT2D eigenvalue weighted by atomic mass is 16.6. The van der Waals surface area contributed by atoms with Gasteiger partial charge in [0.15, 0.2) is 11.5 Å². The molecule has 1 aromatic heterocycles. The summed E-state index contributed by atoms with van der Waals surface area (Å²) in [6, 6.07) is 7.06. The van der Waals surface area contributed by atoms with E-state index in [4.69, 9.17) is 9.47 Å². The van der Waals surface area contributed by atoms with Gasteiger partial charge in [0.1, 0.15) is 19.3 Å². The number of hydrogen-bond acceptors (Lipinski definition) is 4. The molecule has 0 fully saturated rings. The molecule has 6 heteroatoms. The molecule has 0 bridgehead atoms. The second-order valence-corrected chi connectivity index (χ2v) is 5.30. The lowest BCUT2D eigenvalue weighted by atomic mass is 10.1. The fraction of sp³-hybridized carbons (Fsp3) is 0.375. The van der Waals surface area contributed by atoms with Crippen LogP contribution in [0.4, 0.5) is 0 Å². The first-order chi connectivity index (χ1) is 10.6. The first kappa shape index (κ1) is 14.4. The van der Waals surface area contributed by atoms with Crippen LogP contribution in [-0.4, -0.2) is 28.9 Å². The standard InChI is InChI=1S/C16H19N3O3/c1-11(18-16(20)12(2)19-7-3-6-17-19)13-4-5-14-15(10-13)22-9-8-21-14/h3-7,10-12H,8-9H2,1-2H3,(H,18,20)/t11-,12+/m1/s1. The van der Waals surface area contributed by atoms with Crippen LogP contribution >= 0.6 is 0 Å². The minimum atomic E-state index is -0.352. The summed E-state index contributed by atoms with van der Waals surface area (Å²) in [6.45, 7) is 4.88. The summed E-state index contributed by atoms with van der Waals surface area (Å²) in [6.07, 6.45) is 3.44. The molecular weight excluding hydrogens is 282 g/mol. The molecule has 2 aromatic rings. The summed E-state index contributed by atoms with van der Waals surface area (Å²) < 4.78 is 12.7. The summed E-state index contributed by atoms with van der Waals surface area (Å²) >= 11 is 0. The van der Waals surface area contributed by atoms with Gasteiger partial charge in [0.05, 0.1) is 6.04 Å². The van der Waals surface area contributed by atoms with E-state index in [1.54, 1.807) is 23.1 Å². The monoisotopic (exact) mass is 301 g/mol. The van der Waals surface area contributed by atoms with Crippen molar-refractivity contribution in [2.45, 2.75) is 25.9 Å². The largest absolute Gasteiger partial charge is 0.486 e. The van der Waals surface area contributed by atoms with Crippen molar-refractivity contribution in [3.63, 3.8) is 0 Å². The molecule has 0 saturated carbocycles. The Morgan fingerprint density at radius 2 is 2.05 bits per heavy atom. The summed E-state index contributed by atoms with van der Waals surface area (Å²) in [5.74, 6) is 1.40. The highest BCUT2D eigenvalue weighted by Gasteiger charge is 2.19. The molecule has 0 radical (unpaired) electrons. The average Bonchev–Trinajstić information content (AvgIpc) is 3.08. The summed E-state index contributed by atoms with van der Waals surface area (Å²) in [5.41, 5.74) is 0.977. The highest BCUT2D eigenvalue weighted by Crippen LogP contribution is 2.32. The van der Waals surface area contributed by atoms with Crippen LogP contribution in [0.15, 0.2) is 36.7 Å². The number of amides is 1. The number of hydrogen-bond donors (Lipinski definition) is 1. The number of nitrogens with zero attached hydrogens (tertiary/aromatic N) is 2. The minimum absolute atomic E-state index is 0.0777. The van der Waals surface area contributed by atoms with E-state index >= 15 is 0 Å². The predicted octanol–water partition coefficient (Wildman–Crippen LogP) is 2.09. The van der Waals surface area contributed by atoms with Gasteiger partial charge in [-0.3, -0.25) is 9.48 Å². The van der Waals surface area contributed by atoms with Gasteiger partial charge in [-0.25, -0.2) is 0 Å². The normalized spacial score (nSPS) is 15.9. The van der Waals surface area contributed by atoms with Gasteiger partial charge in [0, 0.05) is 12.4 Å². The van der Waals surface area contributed by atoms with Gasteiger partial charge >= 0.3 is 0 Å². The number of rotatable bonds is 4. The Kier molecular flexibility index (Phi) is 4.00. The molecular formula is C16H19N3O3. The quantitative estimate of drug-likeness (QED) is 0.939. The van der Waals surface area contributed by atoms with Gasteiger partial charge in [-0.2, -0.15) is 5.10 Å². The molecule has 2 heterocycles. The van der Waals surface area contributed by atoms with E-state index < -0.39 is 0 Å². The molecule has 1 N–H and O–H groups in total. The Morgan fingerprint density at radius 1 is 1.27 bits per heavy atom. The van der Waals surface area contributed by atoms with Crippen LogP contribution in [0.3, 0.4) is 0 Å². The first-order valence-electron chi connectivity index (χ1n) is 7.34. The summed E-state index contributed by atoms with van der Waals surface area (Å²) in [7, 11) is 0. The zero-order valence-electron chi connectivity index (χ0n) is 12.7. The molecule has 1 amide bonds. The van der Waals surface area contributed by atoms with Gasteiger partial charge in [-0.05, 0) is 37.6 Å². The van der Waals surface area contributed by atoms with Crippen molar-refractivity contribution in [2.24, 2.45) is 0 Å². The van der Waals surface area contributed by atoms with Crippen molar-refractivity contribution in [1.29, 1.82) is 0 Å². The minimum Gasteiger partial charge on any atom is -0.486 e. The topological polar surface area (TPSA) is 65.4 Å². The lowest BCUT2D eigenvalue weighted by Gasteiger charge is -2.22. The van der Waals surface area contributed by atoms with Crippen LogP contribution in [0.25, 0.3) is 0 Å². The highest BCUT2D eigenvalue weighted by molar-refractivity contribution is 5.80. The van der Waals surface area contributed by atoms with Gasteiger partial charge in [0.25, 0.3) is 0 Å². The van der Waals surface area contributed by atoms with Crippen molar-refractivity contribution in [1.82, 2.24) is 15.1 Å². The van der Waals surface area contributed by atoms with Gasteiger partial charge < -0.3 is 14.8 Å². The van der Waals surface area contributed by atoms with Crippen LogP contribution in [0.2, 0.25) is 0 Å². The number of carbonyl (C=O) groups excluding carboxylic acids is 1. The van der Waals surface area contributed by atoms with Crippen LogP contribution in [0, 0.1) is 0 Å². The Morgan fingerprint density at radius 3 is 2.77 bits per heavy atom. The molecule has 2 atom stereocenters. The van der Waals surface area contributed by atoms with Gasteiger partial charge in [0.2, 0.25) is 5.91 Å². The Balaban J connectivity index is 1.69. The number of fused-ring (bicyclic) bond motifs is 1. The fourth-order valence-electron chi connectivity index (χ4n) is 2.38. The molecule has 3 rings (SSSR count). The molecule has 0 aliphatic carbocycles. The molecule has 0 saturated heterocycles. The van der Waals surface area contributed by atoms with E-state index in [1.807, 2.05) is 32.0 Å². The number of aromatic nitrogens is 2. The molecule has 0 spiro atoms. The predicted molar refractivity (Wildman–Crippen MR) is 80.9 cm³/mol. The zero-order chi connectivity index (χ0) is 15.5. The van der Waals surface area contributed by atoms with E-state index in [0.717, 1.165) is 17.1 Å². The van der Waals surface area contributed by atoms with Crippen LogP contribution in [-0.2, 0) is 4.79 Å². The second-order valence-electron chi connectivity index (χ2n) is 5.30. The van der Waals surface area contributed by atoms with Crippen LogP contribution in [0.5, 0.6) is 11.5 Å². The maximum absolute atomic E-state index is 12.3. The van der Waals surface area contributed by atoms with E-state index in [0.29, 0.717) is 13.2 Å². The second kappa shape index (κ2) is 6.09. The summed E-state index contributed by atoms with van der Waals surface area (Å²) in [5, 5.41) is 7.09. The third-order valence-electron chi connectivity index (χ3n) is 3.73. The molecule has 1 aliphatic rings. The molecule has 116 valence electrons. The van der Waals surface area contributed by atoms with Crippen LogP contribution < -0.4 is 14.8 Å². The molecule has 22 heavy (non-hydrogen) atoms. The number of nitrogens with one attached hydrogen (secondary N) is 1. The Hall–Kier alpha value is -2.50. The van der Waals surface area contributed by atoms with Crippen molar-refractivity contribution >= 4 is 5.91 Å². The lowest BCUT2D eigenvalue weighted by Crippen LogP contribution is -2.33. The van der Waals surface area contributed by atoms with Gasteiger partial charge in [-0.15, -0.1) is 0 Å². The summed E-state index contributed by atoms with van der Waals surface area (Å²) in [4.78, 5) is 12.3. The third kappa shape index (κ3) is 2.90. The number of ether oxygens (including phenoxy) is 2. The van der Waals surface area contributed by atoms with Gasteiger partial charge in [-0.1, -0.05) is 6.07 Å². The van der Waals surface area contributed by atoms with E-state index in [2.05, 4.69) is 10.4 Å². The SMILES string of the molecule is C[C@@H](NC(=O)[C@H](C)n1cccn1)c1ccc2c(c1)OCCO2. The van der Waals surface area contributed by atoms with E-state index in [9.17, 15) is 4.79 Å². The Bertz CT molecular complexity index is 655. The van der Waals surface area contributed by atoms with Crippen LogP contribution in [0.1, 0.15) is 31.5 Å². The Labute approximate surface area is 129 Å². The average molecular weight is 301 g/mol.